The molecule has 0 aliphatic heterocycles. The minimum Gasteiger partial charge on any atom is -0.478 e. The molecule has 2 aromatic carbocycles. The first kappa shape index (κ1) is 13.7. The lowest BCUT2D eigenvalue weighted by Crippen LogP contribution is -1.94. The van der Waals surface area contributed by atoms with Gasteiger partial charge in [0.15, 0.2) is 5.58 Å². The SMILES string of the molecule is O=C(O)c1ccc2onc(-c3csc(-c4ccccc4)n3)c2c1. The van der Waals surface area contributed by atoms with Gasteiger partial charge < -0.3 is 9.63 Å². The molecule has 0 spiro atoms. The highest BCUT2D eigenvalue weighted by Crippen LogP contribution is 2.32. The quantitative estimate of drug-likeness (QED) is 0.608. The van der Waals surface area contributed by atoms with Crippen LogP contribution in [0.25, 0.3) is 32.9 Å². The zero-order valence-electron chi connectivity index (χ0n) is 11.8. The molecule has 0 unspecified atom stereocenters. The molecule has 0 amide bonds. The molecule has 23 heavy (non-hydrogen) atoms. The molecule has 0 radical (unpaired) electrons. The van der Waals surface area contributed by atoms with E-state index >= 15 is 0 Å². The van der Waals surface area contributed by atoms with Crippen LogP contribution < -0.4 is 0 Å². The fourth-order valence-electron chi connectivity index (χ4n) is 2.35. The Labute approximate surface area is 134 Å². The largest absolute Gasteiger partial charge is 0.478 e. The molecule has 0 bridgehead atoms. The summed E-state index contributed by atoms with van der Waals surface area (Å²) in [6.45, 7) is 0. The number of carboxylic acid groups (broad SMARTS) is 1. The van der Waals surface area contributed by atoms with Gasteiger partial charge >= 0.3 is 5.97 Å². The fraction of sp³-hybridized carbons (Fsp3) is 0. The molecule has 2 heterocycles. The highest BCUT2D eigenvalue weighted by Gasteiger charge is 2.16. The average molecular weight is 322 g/mol. The molecule has 112 valence electrons. The van der Waals surface area contributed by atoms with Crippen molar-refractivity contribution >= 4 is 28.3 Å². The second-order valence-corrected chi connectivity index (χ2v) is 5.81. The average Bonchev–Trinajstić information content (AvgIpc) is 3.21. The number of thiazole rings is 1. The van der Waals surface area contributed by atoms with E-state index in [1.807, 2.05) is 35.7 Å². The predicted molar refractivity (Wildman–Crippen MR) is 87.5 cm³/mol. The number of carbonyl (C=O) groups is 1. The molecule has 4 rings (SSSR count). The van der Waals surface area contributed by atoms with Crippen LogP contribution in [-0.4, -0.2) is 21.2 Å². The van der Waals surface area contributed by atoms with Crippen molar-refractivity contribution < 1.29 is 14.4 Å². The van der Waals surface area contributed by atoms with Gasteiger partial charge in [0.25, 0.3) is 0 Å². The Bertz CT molecular complexity index is 1010. The molecular formula is C17H10N2O3S. The number of fused-ring (bicyclic) bond motifs is 1. The molecule has 0 fully saturated rings. The number of nitrogens with zero attached hydrogens (tertiary/aromatic N) is 2. The van der Waals surface area contributed by atoms with Crippen molar-refractivity contribution in [3.63, 3.8) is 0 Å². The lowest BCUT2D eigenvalue weighted by Gasteiger charge is -1.95. The van der Waals surface area contributed by atoms with Gasteiger partial charge in [-0.2, -0.15) is 0 Å². The zero-order chi connectivity index (χ0) is 15.8. The molecule has 0 atom stereocenters. The number of benzene rings is 2. The maximum Gasteiger partial charge on any atom is 0.335 e. The van der Waals surface area contributed by atoms with Crippen molar-refractivity contribution in [1.82, 2.24) is 10.1 Å². The standard InChI is InChI=1S/C17H10N2O3S/c20-17(21)11-6-7-14-12(8-11)15(19-22-14)13-9-23-16(18-13)10-4-2-1-3-5-10/h1-9H,(H,20,21). The fourth-order valence-corrected chi connectivity index (χ4v) is 3.16. The Morgan fingerprint density at radius 1 is 1.13 bits per heavy atom. The maximum absolute atomic E-state index is 11.1. The first-order chi connectivity index (χ1) is 11.2. The number of hydrogen-bond donors (Lipinski definition) is 1. The maximum atomic E-state index is 11.1. The Kier molecular flexibility index (Phi) is 3.17. The van der Waals surface area contributed by atoms with Crippen LogP contribution in [0.5, 0.6) is 0 Å². The van der Waals surface area contributed by atoms with Gasteiger partial charge in [-0.15, -0.1) is 11.3 Å². The smallest absolute Gasteiger partial charge is 0.335 e. The summed E-state index contributed by atoms with van der Waals surface area (Å²) in [5, 5.41) is 16.6. The van der Waals surface area contributed by atoms with E-state index in [0.29, 0.717) is 22.4 Å². The molecule has 1 N–H and O–H groups in total. The first-order valence-electron chi connectivity index (χ1n) is 6.86. The van der Waals surface area contributed by atoms with Gasteiger partial charge in [-0.25, -0.2) is 9.78 Å². The zero-order valence-corrected chi connectivity index (χ0v) is 12.6. The van der Waals surface area contributed by atoms with Crippen molar-refractivity contribution in [2.45, 2.75) is 0 Å². The van der Waals surface area contributed by atoms with Crippen LogP contribution in [0.1, 0.15) is 10.4 Å². The first-order valence-corrected chi connectivity index (χ1v) is 7.74. The van der Waals surface area contributed by atoms with Gasteiger partial charge in [-0.05, 0) is 18.2 Å². The summed E-state index contributed by atoms with van der Waals surface area (Å²) in [6, 6.07) is 14.5. The van der Waals surface area contributed by atoms with Crippen LogP contribution in [0, 0.1) is 0 Å². The highest BCUT2D eigenvalue weighted by molar-refractivity contribution is 7.13. The summed E-state index contributed by atoms with van der Waals surface area (Å²) in [5.41, 5.74) is 3.00. The normalized spacial score (nSPS) is 11.0. The van der Waals surface area contributed by atoms with Crippen LogP contribution >= 0.6 is 11.3 Å². The second kappa shape index (κ2) is 5.33. The number of aromatic carboxylic acids is 1. The van der Waals surface area contributed by atoms with Crippen LogP contribution in [0.15, 0.2) is 58.4 Å². The van der Waals surface area contributed by atoms with Gasteiger partial charge in [0, 0.05) is 10.9 Å². The molecule has 5 nitrogen and oxygen atoms in total. The summed E-state index contributed by atoms with van der Waals surface area (Å²) >= 11 is 1.51. The molecule has 0 saturated carbocycles. The molecular weight excluding hydrogens is 312 g/mol. The van der Waals surface area contributed by atoms with Crippen molar-refractivity contribution in [2.24, 2.45) is 0 Å². The van der Waals surface area contributed by atoms with Crippen molar-refractivity contribution in [3.05, 3.63) is 59.5 Å². The number of carboxylic acids is 1. The van der Waals surface area contributed by atoms with E-state index in [0.717, 1.165) is 10.6 Å². The number of aromatic nitrogens is 2. The summed E-state index contributed by atoms with van der Waals surface area (Å²) in [7, 11) is 0. The Hall–Kier alpha value is -2.99. The topological polar surface area (TPSA) is 76.2 Å². The Morgan fingerprint density at radius 2 is 1.96 bits per heavy atom. The van der Waals surface area contributed by atoms with E-state index in [-0.39, 0.29) is 5.56 Å². The lowest BCUT2D eigenvalue weighted by atomic mass is 10.1. The van der Waals surface area contributed by atoms with Crippen LogP contribution in [0.2, 0.25) is 0 Å². The Morgan fingerprint density at radius 3 is 2.74 bits per heavy atom. The van der Waals surface area contributed by atoms with E-state index in [4.69, 9.17) is 9.63 Å². The molecule has 2 aromatic heterocycles. The van der Waals surface area contributed by atoms with E-state index in [1.54, 1.807) is 12.1 Å². The van der Waals surface area contributed by atoms with Crippen molar-refractivity contribution in [1.29, 1.82) is 0 Å². The van der Waals surface area contributed by atoms with E-state index < -0.39 is 5.97 Å². The third-order valence-electron chi connectivity index (χ3n) is 3.48. The van der Waals surface area contributed by atoms with Gasteiger partial charge in [0.1, 0.15) is 16.4 Å². The van der Waals surface area contributed by atoms with Crippen LogP contribution in [0.4, 0.5) is 0 Å². The third kappa shape index (κ3) is 2.39. The summed E-state index contributed by atoms with van der Waals surface area (Å²) in [6.07, 6.45) is 0. The second-order valence-electron chi connectivity index (χ2n) is 4.95. The van der Waals surface area contributed by atoms with Crippen LogP contribution in [0.3, 0.4) is 0 Å². The molecule has 4 aromatic rings. The minimum atomic E-state index is -0.984. The highest BCUT2D eigenvalue weighted by atomic mass is 32.1. The molecule has 0 aliphatic carbocycles. The predicted octanol–water partition coefficient (Wildman–Crippen LogP) is 4.32. The van der Waals surface area contributed by atoms with Gasteiger partial charge in [-0.1, -0.05) is 35.5 Å². The minimum absolute atomic E-state index is 0.195. The van der Waals surface area contributed by atoms with E-state index in [9.17, 15) is 4.79 Å². The lowest BCUT2D eigenvalue weighted by molar-refractivity contribution is 0.0697. The summed E-state index contributed by atoms with van der Waals surface area (Å²) < 4.78 is 5.27. The summed E-state index contributed by atoms with van der Waals surface area (Å²) in [5.74, 6) is -0.984. The Balaban J connectivity index is 1.82. The summed E-state index contributed by atoms with van der Waals surface area (Å²) in [4.78, 5) is 15.7. The van der Waals surface area contributed by atoms with Gasteiger partial charge in [-0.3, -0.25) is 0 Å². The van der Waals surface area contributed by atoms with Crippen molar-refractivity contribution in [2.75, 3.05) is 0 Å². The van der Waals surface area contributed by atoms with Gasteiger partial charge in [0.05, 0.1) is 10.9 Å². The molecule has 0 aliphatic rings. The van der Waals surface area contributed by atoms with E-state index in [1.165, 1.54) is 17.4 Å². The van der Waals surface area contributed by atoms with Gasteiger partial charge in [0.2, 0.25) is 0 Å². The number of hydrogen-bond acceptors (Lipinski definition) is 5. The third-order valence-corrected chi connectivity index (χ3v) is 4.38. The monoisotopic (exact) mass is 322 g/mol. The number of rotatable bonds is 3. The van der Waals surface area contributed by atoms with Crippen molar-refractivity contribution in [3.8, 4) is 22.0 Å². The molecule has 0 saturated heterocycles. The van der Waals surface area contributed by atoms with Crippen LogP contribution in [-0.2, 0) is 0 Å². The van der Waals surface area contributed by atoms with E-state index in [2.05, 4.69) is 10.1 Å². The molecule has 6 heteroatoms.